The predicted octanol–water partition coefficient (Wildman–Crippen LogP) is 2.22. The molecule has 0 amide bonds. The van der Waals surface area contributed by atoms with Gasteiger partial charge in [-0.15, -0.1) is 0 Å². The number of aliphatic hydroxyl groups excluding tert-OH is 1. The third-order valence-corrected chi connectivity index (χ3v) is 2.46. The minimum atomic E-state index is -0.732. The van der Waals surface area contributed by atoms with Crippen LogP contribution >= 0.6 is 15.9 Å². The van der Waals surface area contributed by atoms with E-state index in [1.165, 1.54) is 7.11 Å². The third-order valence-electron chi connectivity index (χ3n) is 1.76. The lowest BCUT2D eigenvalue weighted by molar-refractivity contribution is 0.193. The Morgan fingerprint density at radius 1 is 1.46 bits per heavy atom. The highest BCUT2D eigenvalue weighted by Gasteiger charge is 2.15. The van der Waals surface area contributed by atoms with Crippen LogP contribution in [0.2, 0.25) is 0 Å². The fourth-order valence-electron chi connectivity index (χ4n) is 1.13. The number of ether oxygens (including phenoxy) is 1. The summed E-state index contributed by atoms with van der Waals surface area (Å²) in [4.78, 5) is 0. The van der Waals surface area contributed by atoms with E-state index in [1.54, 1.807) is 19.1 Å². The predicted molar refractivity (Wildman–Crippen MR) is 53.0 cm³/mol. The standard InChI is InChI=1S/C9H11BrO3/c1-5(11)8-6(10)3-4-7(13-2)9(8)12/h3-5,11-12H,1-2H3. The molecule has 0 bridgehead atoms. The van der Waals surface area contributed by atoms with Gasteiger partial charge >= 0.3 is 0 Å². The van der Waals surface area contributed by atoms with Crippen molar-refractivity contribution in [2.24, 2.45) is 0 Å². The van der Waals surface area contributed by atoms with Crippen LogP contribution in [0.1, 0.15) is 18.6 Å². The van der Waals surface area contributed by atoms with E-state index in [4.69, 9.17) is 4.74 Å². The third kappa shape index (κ3) is 1.95. The number of hydrogen-bond acceptors (Lipinski definition) is 3. The average Bonchev–Trinajstić information content (AvgIpc) is 2.04. The highest BCUT2D eigenvalue weighted by molar-refractivity contribution is 9.10. The molecule has 1 unspecified atom stereocenters. The van der Waals surface area contributed by atoms with Crippen LogP contribution in [0.3, 0.4) is 0 Å². The van der Waals surface area contributed by atoms with E-state index < -0.39 is 6.10 Å². The van der Waals surface area contributed by atoms with Crippen molar-refractivity contribution in [1.29, 1.82) is 0 Å². The van der Waals surface area contributed by atoms with Gasteiger partial charge in [0, 0.05) is 10.0 Å². The molecular weight excluding hydrogens is 236 g/mol. The summed E-state index contributed by atoms with van der Waals surface area (Å²) in [6.07, 6.45) is -0.732. The molecule has 1 rings (SSSR count). The number of benzene rings is 1. The van der Waals surface area contributed by atoms with E-state index in [-0.39, 0.29) is 5.75 Å². The second-order valence-corrected chi connectivity index (χ2v) is 3.54. The van der Waals surface area contributed by atoms with Gasteiger partial charge in [0.05, 0.1) is 13.2 Å². The van der Waals surface area contributed by atoms with Gasteiger partial charge < -0.3 is 14.9 Å². The molecule has 0 aliphatic rings. The van der Waals surface area contributed by atoms with Crippen LogP contribution in [0, 0.1) is 0 Å². The molecule has 72 valence electrons. The molecule has 0 spiro atoms. The van der Waals surface area contributed by atoms with Gasteiger partial charge in [-0.2, -0.15) is 0 Å². The number of phenolic OH excluding ortho intramolecular Hbond substituents is 1. The van der Waals surface area contributed by atoms with Crippen molar-refractivity contribution in [2.45, 2.75) is 13.0 Å². The highest BCUT2D eigenvalue weighted by atomic mass is 79.9. The van der Waals surface area contributed by atoms with E-state index >= 15 is 0 Å². The number of methoxy groups -OCH3 is 1. The summed E-state index contributed by atoms with van der Waals surface area (Å²) in [5.74, 6) is 0.339. The van der Waals surface area contributed by atoms with Gasteiger partial charge in [0.2, 0.25) is 0 Å². The minimum Gasteiger partial charge on any atom is -0.504 e. The molecule has 3 nitrogen and oxygen atoms in total. The van der Waals surface area contributed by atoms with Crippen LogP contribution in [-0.2, 0) is 0 Å². The van der Waals surface area contributed by atoms with Crippen LogP contribution in [0.25, 0.3) is 0 Å². The van der Waals surface area contributed by atoms with E-state index in [0.29, 0.717) is 15.8 Å². The first kappa shape index (κ1) is 10.3. The fourth-order valence-corrected chi connectivity index (χ4v) is 1.78. The largest absolute Gasteiger partial charge is 0.504 e. The summed E-state index contributed by atoms with van der Waals surface area (Å²) in [5.41, 5.74) is 0.444. The van der Waals surface area contributed by atoms with Gasteiger partial charge in [0.25, 0.3) is 0 Å². The second-order valence-electron chi connectivity index (χ2n) is 2.69. The molecule has 1 aromatic rings. The zero-order valence-electron chi connectivity index (χ0n) is 7.41. The quantitative estimate of drug-likeness (QED) is 0.842. The maximum Gasteiger partial charge on any atom is 0.164 e. The van der Waals surface area contributed by atoms with Gasteiger partial charge in [-0.05, 0) is 19.1 Å². The average molecular weight is 247 g/mol. The first-order valence-electron chi connectivity index (χ1n) is 3.81. The molecule has 0 aliphatic heterocycles. The molecule has 13 heavy (non-hydrogen) atoms. The normalized spacial score (nSPS) is 12.6. The molecule has 0 aromatic heterocycles. The van der Waals surface area contributed by atoms with Gasteiger partial charge in [0.15, 0.2) is 11.5 Å². The maximum atomic E-state index is 9.63. The Kier molecular flexibility index (Phi) is 3.17. The highest BCUT2D eigenvalue weighted by Crippen LogP contribution is 2.38. The van der Waals surface area contributed by atoms with Crippen molar-refractivity contribution in [3.63, 3.8) is 0 Å². The maximum absolute atomic E-state index is 9.63. The van der Waals surface area contributed by atoms with Crippen molar-refractivity contribution in [3.8, 4) is 11.5 Å². The molecule has 1 atom stereocenters. The first-order valence-corrected chi connectivity index (χ1v) is 4.60. The molecule has 0 aliphatic carbocycles. The Labute approximate surface area is 85.1 Å². The summed E-state index contributed by atoms with van der Waals surface area (Å²) in [5, 5.41) is 19.0. The number of rotatable bonds is 2. The minimum absolute atomic E-state index is 0.0214. The second kappa shape index (κ2) is 3.98. The van der Waals surface area contributed by atoms with Crippen LogP contribution in [0.15, 0.2) is 16.6 Å². The van der Waals surface area contributed by atoms with Crippen molar-refractivity contribution in [2.75, 3.05) is 7.11 Å². The van der Waals surface area contributed by atoms with Crippen LogP contribution in [0.4, 0.5) is 0 Å². The lowest BCUT2D eigenvalue weighted by atomic mass is 10.1. The molecule has 2 N–H and O–H groups in total. The van der Waals surface area contributed by atoms with Crippen LogP contribution < -0.4 is 4.74 Å². The number of halogens is 1. The van der Waals surface area contributed by atoms with Crippen LogP contribution in [0.5, 0.6) is 11.5 Å². The smallest absolute Gasteiger partial charge is 0.164 e. The molecule has 0 heterocycles. The van der Waals surface area contributed by atoms with E-state index in [0.717, 1.165) is 0 Å². The molecular formula is C9H11BrO3. The van der Waals surface area contributed by atoms with Gasteiger partial charge in [-0.3, -0.25) is 0 Å². The first-order chi connectivity index (χ1) is 6.07. The zero-order valence-corrected chi connectivity index (χ0v) is 9.00. The Morgan fingerprint density at radius 3 is 2.54 bits per heavy atom. The van der Waals surface area contributed by atoms with Crippen molar-refractivity contribution in [1.82, 2.24) is 0 Å². The molecule has 0 saturated carbocycles. The summed E-state index contributed by atoms with van der Waals surface area (Å²) >= 11 is 3.24. The van der Waals surface area contributed by atoms with Crippen molar-refractivity contribution < 1.29 is 14.9 Å². The Bertz CT molecular complexity index is 310. The fraction of sp³-hybridized carbons (Fsp3) is 0.333. The van der Waals surface area contributed by atoms with Gasteiger partial charge in [-0.1, -0.05) is 15.9 Å². The summed E-state index contributed by atoms with van der Waals surface area (Å²) in [7, 11) is 1.47. The number of phenols is 1. The van der Waals surface area contributed by atoms with Crippen molar-refractivity contribution in [3.05, 3.63) is 22.2 Å². The van der Waals surface area contributed by atoms with E-state index in [9.17, 15) is 10.2 Å². The number of hydrogen-bond donors (Lipinski definition) is 2. The molecule has 4 heteroatoms. The lowest BCUT2D eigenvalue weighted by Crippen LogP contribution is -1.95. The SMILES string of the molecule is COc1ccc(Br)c(C(C)O)c1O. The molecule has 0 fully saturated rings. The Hall–Kier alpha value is -0.740. The molecule has 0 saturated heterocycles. The summed E-state index contributed by atoms with van der Waals surface area (Å²) in [6, 6.07) is 3.35. The topological polar surface area (TPSA) is 49.7 Å². The van der Waals surface area contributed by atoms with Gasteiger partial charge in [0.1, 0.15) is 0 Å². The van der Waals surface area contributed by atoms with Crippen molar-refractivity contribution >= 4 is 15.9 Å². The summed E-state index contributed by atoms with van der Waals surface area (Å²) < 4.78 is 5.58. The number of aromatic hydroxyl groups is 1. The summed E-state index contributed by atoms with van der Waals surface area (Å²) in [6.45, 7) is 1.58. The Balaban J connectivity index is 3.30. The monoisotopic (exact) mass is 246 g/mol. The molecule has 1 aromatic carbocycles. The Morgan fingerprint density at radius 2 is 2.08 bits per heavy atom. The lowest BCUT2D eigenvalue weighted by Gasteiger charge is -2.12. The zero-order chi connectivity index (χ0) is 10.0. The number of aliphatic hydroxyl groups is 1. The van der Waals surface area contributed by atoms with E-state index in [1.807, 2.05) is 0 Å². The van der Waals surface area contributed by atoms with E-state index in [2.05, 4.69) is 15.9 Å². The molecule has 0 radical (unpaired) electrons. The van der Waals surface area contributed by atoms with Crippen LogP contribution in [-0.4, -0.2) is 17.3 Å². The van der Waals surface area contributed by atoms with Gasteiger partial charge in [-0.25, -0.2) is 0 Å².